The molecule has 0 bridgehead atoms. The van der Waals surface area contributed by atoms with Crippen LogP contribution in [0.25, 0.3) is 10.1 Å². The van der Waals surface area contributed by atoms with Crippen molar-refractivity contribution in [3.8, 4) is 0 Å². The smallest absolute Gasteiger partial charge is 0.0404 e. The van der Waals surface area contributed by atoms with Crippen molar-refractivity contribution in [1.29, 1.82) is 0 Å². The maximum Gasteiger partial charge on any atom is 0.0404 e. The van der Waals surface area contributed by atoms with Gasteiger partial charge >= 0.3 is 0 Å². The van der Waals surface area contributed by atoms with Crippen LogP contribution in [-0.2, 0) is 0 Å². The van der Waals surface area contributed by atoms with Gasteiger partial charge in [0.15, 0.2) is 0 Å². The Bertz CT molecular complexity index is 723. The molecule has 0 amide bonds. The highest BCUT2D eigenvalue weighted by Gasteiger charge is 2.12. The molecule has 0 saturated heterocycles. The van der Waals surface area contributed by atoms with Crippen LogP contribution < -0.4 is 5.73 Å². The van der Waals surface area contributed by atoms with Gasteiger partial charge in [0.2, 0.25) is 0 Å². The molecule has 0 spiro atoms. The van der Waals surface area contributed by atoms with Gasteiger partial charge in [0.1, 0.15) is 0 Å². The van der Waals surface area contributed by atoms with Gasteiger partial charge in [-0.05, 0) is 50.5 Å². The van der Waals surface area contributed by atoms with Gasteiger partial charge in [-0.2, -0.15) is 0 Å². The van der Waals surface area contributed by atoms with Gasteiger partial charge in [-0.3, -0.25) is 0 Å². The molecular weight excluding hydrogens is 350 g/mol. The van der Waals surface area contributed by atoms with Gasteiger partial charge in [0.25, 0.3) is 0 Å². The Morgan fingerprint density at radius 2 is 1.95 bits per heavy atom. The summed E-state index contributed by atoms with van der Waals surface area (Å²) in [6.07, 6.45) is 0. The summed E-state index contributed by atoms with van der Waals surface area (Å²) in [6, 6.07) is 16.8. The Morgan fingerprint density at radius 3 is 2.80 bits per heavy atom. The van der Waals surface area contributed by atoms with Crippen molar-refractivity contribution >= 4 is 49.1 Å². The molecule has 0 aliphatic heterocycles. The van der Waals surface area contributed by atoms with Crippen LogP contribution in [0.4, 0.5) is 0 Å². The average Bonchev–Trinajstić information content (AvgIpc) is 2.94. The molecule has 0 aliphatic carbocycles. The molecule has 4 heteroatoms. The summed E-state index contributed by atoms with van der Waals surface area (Å²) in [5.74, 6) is 0.875. The Labute approximate surface area is 135 Å². The molecule has 1 aromatic heterocycles. The van der Waals surface area contributed by atoms with Crippen LogP contribution in [-0.4, -0.2) is 5.75 Å². The minimum Gasteiger partial charge on any atom is -0.323 e. The Hall–Kier alpha value is -0.810. The highest BCUT2D eigenvalue weighted by atomic mass is 79.9. The molecule has 1 heterocycles. The predicted octanol–water partition coefficient (Wildman–Crippen LogP) is 5.46. The molecule has 102 valence electrons. The highest BCUT2D eigenvalue weighted by molar-refractivity contribution is 9.10. The van der Waals surface area contributed by atoms with Crippen molar-refractivity contribution < 1.29 is 0 Å². The topological polar surface area (TPSA) is 26.0 Å². The number of fused-ring (bicyclic) bond motifs is 1. The lowest BCUT2D eigenvalue weighted by Gasteiger charge is -2.13. The van der Waals surface area contributed by atoms with E-state index in [9.17, 15) is 0 Å². The fraction of sp³-hybridized carbons (Fsp3) is 0.125. The van der Waals surface area contributed by atoms with E-state index in [2.05, 4.69) is 63.8 Å². The van der Waals surface area contributed by atoms with E-state index < -0.39 is 0 Å². The van der Waals surface area contributed by atoms with E-state index in [1.807, 2.05) is 6.07 Å². The zero-order chi connectivity index (χ0) is 13.9. The number of hydrogen-bond acceptors (Lipinski definition) is 3. The monoisotopic (exact) mass is 363 g/mol. The van der Waals surface area contributed by atoms with Gasteiger partial charge < -0.3 is 5.73 Å². The summed E-state index contributed by atoms with van der Waals surface area (Å²) in [5, 5.41) is 3.41. The molecule has 0 aliphatic rings. The Kier molecular flexibility index (Phi) is 4.46. The highest BCUT2D eigenvalue weighted by Crippen LogP contribution is 2.33. The van der Waals surface area contributed by atoms with Crippen LogP contribution in [0.15, 0.2) is 63.3 Å². The number of thioether (sulfide) groups is 1. The van der Waals surface area contributed by atoms with Gasteiger partial charge in [-0.15, -0.1) is 23.1 Å². The second-order valence-electron chi connectivity index (χ2n) is 4.53. The van der Waals surface area contributed by atoms with Crippen LogP contribution in [0.3, 0.4) is 0 Å². The predicted molar refractivity (Wildman–Crippen MR) is 93.6 cm³/mol. The molecule has 0 fully saturated rings. The second kappa shape index (κ2) is 6.31. The first-order valence-electron chi connectivity index (χ1n) is 6.35. The molecule has 3 rings (SSSR count). The SMILES string of the molecule is NC(CSc1ccccc1Br)c1cccc2ccsc12. The summed E-state index contributed by atoms with van der Waals surface area (Å²) >= 11 is 7.14. The lowest BCUT2D eigenvalue weighted by molar-refractivity contribution is 0.841. The molecule has 1 atom stereocenters. The first-order chi connectivity index (χ1) is 9.75. The maximum atomic E-state index is 6.39. The molecule has 2 N–H and O–H groups in total. The van der Waals surface area contributed by atoms with Crippen molar-refractivity contribution in [3.05, 3.63) is 63.9 Å². The van der Waals surface area contributed by atoms with Crippen molar-refractivity contribution in [3.63, 3.8) is 0 Å². The number of thiophene rings is 1. The van der Waals surface area contributed by atoms with Crippen LogP contribution in [0.1, 0.15) is 11.6 Å². The van der Waals surface area contributed by atoms with Crippen LogP contribution in [0, 0.1) is 0 Å². The van der Waals surface area contributed by atoms with E-state index in [-0.39, 0.29) is 6.04 Å². The third-order valence-corrected chi connectivity index (χ3v) is 6.29. The number of benzene rings is 2. The molecular formula is C16H14BrNS2. The third-order valence-electron chi connectivity index (χ3n) is 3.16. The molecule has 1 unspecified atom stereocenters. The van der Waals surface area contributed by atoms with Crippen LogP contribution >= 0.6 is 39.0 Å². The van der Waals surface area contributed by atoms with Crippen molar-refractivity contribution in [2.75, 3.05) is 5.75 Å². The summed E-state index contributed by atoms with van der Waals surface area (Å²) in [6.45, 7) is 0. The normalized spacial score (nSPS) is 12.7. The number of halogens is 1. The first kappa shape index (κ1) is 14.1. The summed E-state index contributed by atoms with van der Waals surface area (Å²) in [4.78, 5) is 1.24. The first-order valence-corrected chi connectivity index (χ1v) is 9.00. The lowest BCUT2D eigenvalue weighted by Crippen LogP contribution is -2.13. The van der Waals surface area contributed by atoms with E-state index in [4.69, 9.17) is 5.73 Å². The van der Waals surface area contributed by atoms with E-state index in [0.29, 0.717) is 0 Å². The van der Waals surface area contributed by atoms with Crippen molar-refractivity contribution in [1.82, 2.24) is 0 Å². The van der Waals surface area contributed by atoms with Gasteiger partial charge in [0.05, 0.1) is 0 Å². The summed E-state index contributed by atoms with van der Waals surface area (Å²) < 4.78 is 2.44. The van der Waals surface area contributed by atoms with E-state index >= 15 is 0 Å². The molecule has 1 nitrogen and oxygen atoms in total. The third kappa shape index (κ3) is 2.93. The standard InChI is InChI=1S/C16H14BrNS2/c17-13-6-1-2-7-15(13)20-10-14(18)12-5-3-4-11-8-9-19-16(11)12/h1-9,14H,10,18H2. The molecule has 2 aromatic carbocycles. The molecule has 0 saturated carbocycles. The number of hydrogen-bond donors (Lipinski definition) is 1. The fourth-order valence-corrected chi connectivity index (χ4v) is 4.67. The van der Waals surface area contributed by atoms with Crippen molar-refractivity contribution in [2.24, 2.45) is 5.73 Å². The van der Waals surface area contributed by atoms with Gasteiger partial charge in [-0.25, -0.2) is 0 Å². The quantitative estimate of drug-likeness (QED) is 0.623. The zero-order valence-electron chi connectivity index (χ0n) is 10.8. The Balaban J connectivity index is 1.78. The largest absolute Gasteiger partial charge is 0.323 e. The van der Waals surface area contributed by atoms with E-state index in [1.54, 1.807) is 23.1 Å². The minimum absolute atomic E-state index is 0.0504. The molecule has 20 heavy (non-hydrogen) atoms. The summed E-state index contributed by atoms with van der Waals surface area (Å²) in [7, 11) is 0. The minimum atomic E-state index is 0.0504. The number of rotatable bonds is 4. The summed E-state index contributed by atoms with van der Waals surface area (Å²) in [5.41, 5.74) is 7.64. The maximum absolute atomic E-state index is 6.39. The number of nitrogens with two attached hydrogens (primary N) is 1. The van der Waals surface area contributed by atoms with Crippen molar-refractivity contribution in [2.45, 2.75) is 10.9 Å². The fourth-order valence-electron chi connectivity index (χ4n) is 2.14. The van der Waals surface area contributed by atoms with E-state index in [1.165, 1.54) is 20.5 Å². The molecule has 0 radical (unpaired) electrons. The second-order valence-corrected chi connectivity index (χ2v) is 7.37. The van der Waals surface area contributed by atoms with Crippen LogP contribution in [0.2, 0.25) is 0 Å². The average molecular weight is 364 g/mol. The zero-order valence-corrected chi connectivity index (χ0v) is 14.0. The van der Waals surface area contributed by atoms with Gasteiger partial charge in [0, 0.05) is 25.9 Å². The van der Waals surface area contributed by atoms with Crippen LogP contribution in [0.5, 0.6) is 0 Å². The molecule has 3 aromatic rings. The van der Waals surface area contributed by atoms with Gasteiger partial charge in [-0.1, -0.05) is 30.3 Å². The Morgan fingerprint density at radius 1 is 1.10 bits per heavy atom. The lowest BCUT2D eigenvalue weighted by atomic mass is 10.1. The van der Waals surface area contributed by atoms with E-state index in [0.717, 1.165) is 10.2 Å².